The van der Waals surface area contributed by atoms with E-state index in [1.54, 1.807) is 0 Å². The molecule has 0 aromatic rings. The summed E-state index contributed by atoms with van der Waals surface area (Å²) in [6.45, 7) is 6.31. The van der Waals surface area contributed by atoms with Crippen LogP contribution in [0.3, 0.4) is 0 Å². The van der Waals surface area contributed by atoms with E-state index in [9.17, 15) is 0 Å². The summed E-state index contributed by atoms with van der Waals surface area (Å²) in [5.41, 5.74) is 0. The molecule has 1 rings (SSSR count). The van der Waals surface area contributed by atoms with Gasteiger partial charge in [0.25, 0.3) is 0 Å². The highest BCUT2D eigenvalue weighted by molar-refractivity contribution is 4.70. The fraction of sp³-hybridized carbons (Fsp3) is 0.889. The van der Waals surface area contributed by atoms with E-state index in [-0.39, 0.29) is 0 Å². The van der Waals surface area contributed by atoms with Gasteiger partial charge in [-0.15, -0.1) is 0 Å². The normalized spacial score (nSPS) is 36.7. The van der Waals surface area contributed by atoms with Crippen LogP contribution in [0.15, 0.2) is 0 Å². The van der Waals surface area contributed by atoms with E-state index in [2.05, 4.69) is 13.8 Å². The summed E-state index contributed by atoms with van der Waals surface area (Å²) >= 11 is 0. The van der Waals surface area contributed by atoms with Gasteiger partial charge in [-0.05, 0) is 18.3 Å². The average Bonchev–Trinajstić information content (AvgIpc) is 1.88. The molecule has 0 saturated heterocycles. The van der Waals surface area contributed by atoms with Crippen molar-refractivity contribution in [2.75, 3.05) is 0 Å². The van der Waals surface area contributed by atoms with E-state index in [1.807, 2.05) is 0 Å². The van der Waals surface area contributed by atoms with Crippen LogP contribution in [0.2, 0.25) is 0 Å². The summed E-state index contributed by atoms with van der Waals surface area (Å²) in [5, 5.41) is 0. The summed E-state index contributed by atoms with van der Waals surface area (Å²) in [5.74, 6) is 1.93. The van der Waals surface area contributed by atoms with Crippen LogP contribution in [0, 0.1) is 18.8 Å². The molecule has 0 heteroatoms. The summed E-state index contributed by atoms with van der Waals surface area (Å²) in [7, 11) is 0. The number of rotatable bonds is 1. The second-order valence-corrected chi connectivity index (χ2v) is 3.43. The smallest absolute Gasteiger partial charge is 0.0412 e. The first-order valence-electron chi connectivity index (χ1n) is 4.12. The van der Waals surface area contributed by atoms with E-state index >= 15 is 0 Å². The molecule has 1 radical (unpaired) electrons. The third kappa shape index (κ3) is 2.00. The predicted octanol–water partition coefficient (Wildman–Crippen LogP) is 3.04. The SMILES string of the molecule is [CH2]CC1CCCC(C)C1. The summed E-state index contributed by atoms with van der Waals surface area (Å²) in [4.78, 5) is 0. The summed E-state index contributed by atoms with van der Waals surface area (Å²) in [6.07, 6.45) is 6.93. The van der Waals surface area contributed by atoms with Crippen molar-refractivity contribution in [1.82, 2.24) is 0 Å². The van der Waals surface area contributed by atoms with Crippen molar-refractivity contribution in [3.8, 4) is 0 Å². The molecule has 1 fully saturated rings. The minimum atomic E-state index is 0.953. The van der Waals surface area contributed by atoms with Gasteiger partial charge in [-0.2, -0.15) is 0 Å². The maximum atomic E-state index is 3.94. The van der Waals surface area contributed by atoms with Crippen LogP contribution in [0.5, 0.6) is 0 Å². The van der Waals surface area contributed by atoms with Crippen molar-refractivity contribution in [2.45, 2.75) is 39.0 Å². The molecule has 9 heavy (non-hydrogen) atoms. The first kappa shape index (κ1) is 7.11. The van der Waals surface area contributed by atoms with Gasteiger partial charge in [0.1, 0.15) is 0 Å². The fourth-order valence-electron chi connectivity index (χ4n) is 1.82. The van der Waals surface area contributed by atoms with Crippen molar-refractivity contribution in [3.63, 3.8) is 0 Å². The molecule has 1 aliphatic rings. The molecule has 0 amide bonds. The van der Waals surface area contributed by atoms with Gasteiger partial charge in [-0.3, -0.25) is 0 Å². The second kappa shape index (κ2) is 3.24. The van der Waals surface area contributed by atoms with Gasteiger partial charge in [-0.25, -0.2) is 0 Å². The Labute approximate surface area is 58.7 Å². The van der Waals surface area contributed by atoms with Crippen molar-refractivity contribution < 1.29 is 0 Å². The minimum absolute atomic E-state index is 0.953. The lowest BCUT2D eigenvalue weighted by Crippen LogP contribution is -2.11. The molecule has 0 spiro atoms. The molecular formula is C9H17. The highest BCUT2D eigenvalue weighted by Crippen LogP contribution is 2.29. The zero-order valence-electron chi connectivity index (χ0n) is 6.40. The molecule has 0 bridgehead atoms. The van der Waals surface area contributed by atoms with Crippen molar-refractivity contribution >= 4 is 0 Å². The molecule has 0 aliphatic heterocycles. The lowest BCUT2D eigenvalue weighted by molar-refractivity contribution is 0.284. The Kier molecular flexibility index (Phi) is 2.56. The van der Waals surface area contributed by atoms with Gasteiger partial charge in [0.15, 0.2) is 0 Å². The molecular weight excluding hydrogens is 108 g/mol. The molecule has 1 saturated carbocycles. The topological polar surface area (TPSA) is 0 Å². The van der Waals surface area contributed by atoms with Crippen molar-refractivity contribution in [2.24, 2.45) is 11.8 Å². The molecule has 0 aromatic heterocycles. The maximum Gasteiger partial charge on any atom is -0.0412 e. The third-order valence-corrected chi connectivity index (χ3v) is 2.45. The van der Waals surface area contributed by atoms with Crippen LogP contribution in [0.25, 0.3) is 0 Å². The van der Waals surface area contributed by atoms with Gasteiger partial charge in [-0.1, -0.05) is 39.5 Å². The van der Waals surface area contributed by atoms with Crippen LogP contribution in [0.1, 0.15) is 39.0 Å². The van der Waals surface area contributed by atoms with E-state index < -0.39 is 0 Å². The Balaban J connectivity index is 2.23. The summed E-state index contributed by atoms with van der Waals surface area (Å²) in [6, 6.07) is 0. The highest BCUT2D eigenvalue weighted by Gasteiger charge is 2.16. The van der Waals surface area contributed by atoms with Crippen LogP contribution in [-0.4, -0.2) is 0 Å². The van der Waals surface area contributed by atoms with Gasteiger partial charge in [0.05, 0.1) is 0 Å². The summed E-state index contributed by atoms with van der Waals surface area (Å²) < 4.78 is 0. The zero-order chi connectivity index (χ0) is 6.69. The highest BCUT2D eigenvalue weighted by atomic mass is 14.2. The van der Waals surface area contributed by atoms with Crippen LogP contribution < -0.4 is 0 Å². The van der Waals surface area contributed by atoms with E-state index in [0.29, 0.717) is 0 Å². The Morgan fingerprint density at radius 2 is 2.22 bits per heavy atom. The average molecular weight is 125 g/mol. The molecule has 53 valence electrons. The van der Waals surface area contributed by atoms with Crippen LogP contribution in [-0.2, 0) is 0 Å². The molecule has 1 aliphatic carbocycles. The molecule has 2 atom stereocenters. The molecule has 0 nitrogen and oxygen atoms in total. The first-order chi connectivity index (χ1) is 4.33. The predicted molar refractivity (Wildman–Crippen MR) is 41.1 cm³/mol. The first-order valence-corrected chi connectivity index (χ1v) is 4.12. The monoisotopic (exact) mass is 125 g/mol. The van der Waals surface area contributed by atoms with Gasteiger partial charge < -0.3 is 0 Å². The minimum Gasteiger partial charge on any atom is -0.0625 e. The Morgan fingerprint density at radius 3 is 2.67 bits per heavy atom. The van der Waals surface area contributed by atoms with E-state index in [0.717, 1.165) is 18.3 Å². The quantitative estimate of drug-likeness (QED) is 0.505. The fourth-order valence-corrected chi connectivity index (χ4v) is 1.82. The number of hydrogen-bond donors (Lipinski definition) is 0. The van der Waals surface area contributed by atoms with Gasteiger partial charge >= 0.3 is 0 Å². The van der Waals surface area contributed by atoms with Crippen molar-refractivity contribution in [1.29, 1.82) is 0 Å². The van der Waals surface area contributed by atoms with Crippen LogP contribution in [0.4, 0.5) is 0 Å². The third-order valence-electron chi connectivity index (χ3n) is 2.45. The van der Waals surface area contributed by atoms with Gasteiger partial charge in [0, 0.05) is 0 Å². The lowest BCUT2D eigenvalue weighted by Gasteiger charge is -2.25. The van der Waals surface area contributed by atoms with E-state index in [1.165, 1.54) is 25.7 Å². The molecule has 0 heterocycles. The van der Waals surface area contributed by atoms with E-state index in [4.69, 9.17) is 0 Å². The van der Waals surface area contributed by atoms with Crippen LogP contribution >= 0.6 is 0 Å². The van der Waals surface area contributed by atoms with Gasteiger partial charge in [0.2, 0.25) is 0 Å². The lowest BCUT2D eigenvalue weighted by atomic mass is 9.81. The number of hydrogen-bond acceptors (Lipinski definition) is 0. The zero-order valence-corrected chi connectivity index (χ0v) is 6.40. The Bertz CT molecular complexity index is 76.1. The van der Waals surface area contributed by atoms with Crippen molar-refractivity contribution in [3.05, 3.63) is 6.92 Å². The standard InChI is InChI=1S/C9H17/c1-3-9-6-4-5-8(2)7-9/h8-9H,1,3-7H2,2H3. The second-order valence-electron chi connectivity index (χ2n) is 3.43. The molecule has 0 N–H and O–H groups in total. The Hall–Kier alpha value is 0. The maximum absolute atomic E-state index is 3.94. The largest absolute Gasteiger partial charge is 0.0625 e. The Morgan fingerprint density at radius 1 is 1.44 bits per heavy atom. The molecule has 2 unspecified atom stereocenters. The molecule has 0 aromatic carbocycles.